The Hall–Kier alpha value is -0.0903. The van der Waals surface area contributed by atoms with E-state index in [0.29, 0.717) is 5.56 Å². The van der Waals surface area contributed by atoms with Crippen LogP contribution in [0.4, 0.5) is 0 Å². The molecule has 0 spiro atoms. The van der Waals surface area contributed by atoms with Gasteiger partial charge in [0.2, 0.25) is 0 Å². The van der Waals surface area contributed by atoms with E-state index in [-0.39, 0.29) is 55.3 Å². The summed E-state index contributed by atoms with van der Waals surface area (Å²) in [6.07, 6.45) is 0. The SMILES string of the molecule is CN[C@@H](C)C(=O)c1ccc(O)cc1.[Ar]. The summed E-state index contributed by atoms with van der Waals surface area (Å²) in [5, 5.41) is 11.9. The van der Waals surface area contributed by atoms with Crippen molar-refractivity contribution in [2.24, 2.45) is 0 Å². The fourth-order valence-corrected chi connectivity index (χ4v) is 1.01. The zero-order chi connectivity index (χ0) is 9.84. The van der Waals surface area contributed by atoms with Gasteiger partial charge in [-0.05, 0) is 38.2 Å². The van der Waals surface area contributed by atoms with Crippen molar-refractivity contribution in [2.75, 3.05) is 7.05 Å². The van der Waals surface area contributed by atoms with Gasteiger partial charge in [-0.25, -0.2) is 0 Å². The number of carbonyl (C=O) groups is 1. The summed E-state index contributed by atoms with van der Waals surface area (Å²) in [6, 6.07) is 6.06. The van der Waals surface area contributed by atoms with E-state index in [1.165, 1.54) is 12.1 Å². The van der Waals surface area contributed by atoms with Crippen molar-refractivity contribution in [3.05, 3.63) is 29.8 Å². The van der Waals surface area contributed by atoms with Crippen LogP contribution < -0.4 is 5.32 Å². The minimum Gasteiger partial charge on any atom is -0.508 e. The molecule has 0 fully saturated rings. The van der Waals surface area contributed by atoms with Crippen molar-refractivity contribution in [2.45, 2.75) is 13.0 Å². The second-order valence-corrected chi connectivity index (χ2v) is 2.92. The van der Waals surface area contributed by atoms with Crippen LogP contribution in [0.25, 0.3) is 0 Å². The molecule has 0 aliphatic carbocycles. The van der Waals surface area contributed by atoms with Crippen molar-refractivity contribution >= 4 is 5.78 Å². The van der Waals surface area contributed by atoms with Gasteiger partial charge in [0.1, 0.15) is 5.75 Å². The van der Waals surface area contributed by atoms with Crippen LogP contribution in [0.15, 0.2) is 24.3 Å². The van der Waals surface area contributed by atoms with E-state index in [0.717, 1.165) is 0 Å². The molecule has 0 aliphatic rings. The van der Waals surface area contributed by atoms with Gasteiger partial charge in [-0.15, -0.1) is 0 Å². The Balaban J connectivity index is 0.00000169. The Labute approximate surface area is 114 Å². The molecule has 1 aromatic carbocycles. The fourth-order valence-electron chi connectivity index (χ4n) is 1.01. The quantitative estimate of drug-likeness (QED) is 0.750. The summed E-state index contributed by atoms with van der Waals surface area (Å²) in [4.78, 5) is 11.5. The maximum Gasteiger partial charge on any atom is 0.179 e. The van der Waals surface area contributed by atoms with Gasteiger partial charge >= 0.3 is 0 Å². The zero-order valence-electron chi connectivity index (χ0n) is 8.10. The number of aromatic hydroxyl groups is 1. The van der Waals surface area contributed by atoms with E-state index in [2.05, 4.69) is 5.32 Å². The fraction of sp³-hybridized carbons (Fsp3) is 0.300. The van der Waals surface area contributed by atoms with Gasteiger partial charge in [-0.1, -0.05) is 0 Å². The molecule has 0 saturated heterocycles. The van der Waals surface area contributed by atoms with Gasteiger partial charge in [0.15, 0.2) is 5.78 Å². The summed E-state index contributed by atoms with van der Waals surface area (Å²) in [7, 11) is 1.74. The zero-order valence-corrected chi connectivity index (χ0v) is 8.80. The van der Waals surface area contributed by atoms with Gasteiger partial charge in [-0.2, -0.15) is 0 Å². The normalized spacial score (nSPS) is 11.6. The first-order chi connectivity index (χ1) is 6.15. The van der Waals surface area contributed by atoms with Gasteiger partial charge < -0.3 is 10.4 Å². The summed E-state index contributed by atoms with van der Waals surface area (Å²) in [6.45, 7) is 1.80. The second-order valence-electron chi connectivity index (χ2n) is 2.92. The number of phenols is 1. The Bertz CT molecular complexity index is 297. The maximum atomic E-state index is 11.5. The van der Waals surface area contributed by atoms with E-state index >= 15 is 0 Å². The topological polar surface area (TPSA) is 49.3 Å². The molecule has 0 unspecified atom stereocenters. The van der Waals surface area contributed by atoms with Gasteiger partial charge in [-0.3, -0.25) is 4.79 Å². The molecule has 1 rings (SSSR count). The van der Waals surface area contributed by atoms with Crippen LogP contribution in [0.3, 0.4) is 0 Å². The molecule has 1 aromatic rings. The van der Waals surface area contributed by atoms with Crippen molar-refractivity contribution in [1.29, 1.82) is 0 Å². The van der Waals surface area contributed by atoms with Crippen LogP contribution in [0.1, 0.15) is 17.3 Å². The third kappa shape index (κ3) is 3.58. The van der Waals surface area contributed by atoms with E-state index in [4.69, 9.17) is 5.11 Å². The average molecular weight is 219 g/mol. The average Bonchev–Trinajstić information content (AvgIpc) is 2.17. The monoisotopic (exact) mass is 219 g/mol. The Morgan fingerprint density at radius 1 is 1.36 bits per heavy atom. The molecule has 0 amide bonds. The number of Topliss-reactive ketones (excluding diaryl/α,β-unsaturated/α-hetero) is 1. The van der Waals surface area contributed by atoms with Crippen LogP contribution in [0.2, 0.25) is 0 Å². The van der Waals surface area contributed by atoms with Crippen LogP contribution >= 0.6 is 0 Å². The Morgan fingerprint density at radius 2 is 1.86 bits per heavy atom. The number of phenolic OH excluding ortho intramolecular Hbond substituents is 1. The first-order valence-corrected chi connectivity index (χ1v) is 4.15. The first kappa shape index (κ1) is 13.9. The number of likely N-dealkylation sites (N-methyl/N-ethyl adjacent to an activating group) is 1. The number of rotatable bonds is 3. The summed E-state index contributed by atoms with van der Waals surface area (Å²) >= 11 is 0. The van der Waals surface area contributed by atoms with E-state index < -0.39 is 0 Å². The van der Waals surface area contributed by atoms with Gasteiger partial charge in [0.25, 0.3) is 0 Å². The maximum absolute atomic E-state index is 11.5. The molecule has 0 aromatic heterocycles. The Morgan fingerprint density at radius 3 is 2.29 bits per heavy atom. The third-order valence-electron chi connectivity index (χ3n) is 1.98. The molecule has 4 heteroatoms. The Kier molecular flexibility index (Phi) is 6.36. The number of hydrogen-bond donors (Lipinski definition) is 2. The summed E-state index contributed by atoms with van der Waals surface area (Å²) in [5.74, 6) is 0.205. The molecular formula is C10H13ArNO2. The molecule has 0 saturated carbocycles. The van der Waals surface area contributed by atoms with Crippen LogP contribution in [-0.2, 0) is 0 Å². The number of benzene rings is 1. The standard InChI is InChI=1S/C10H13NO2.Ar/c1-7(11-2)10(13)8-3-5-9(12)6-4-8;/h3-7,11-12H,1-2H3;/t7-;/m0./s1. The number of carbonyl (C=O) groups excluding carboxylic acids is 1. The van der Waals surface area contributed by atoms with E-state index in [1.807, 2.05) is 0 Å². The van der Waals surface area contributed by atoms with Crippen LogP contribution in [-0.4, -0.2) is 24.0 Å². The molecule has 0 aliphatic heterocycles. The molecule has 14 heavy (non-hydrogen) atoms. The predicted octanol–water partition coefficient (Wildman–Crippen LogP) is 1.18. The predicted molar refractivity (Wildman–Crippen MR) is 51.0 cm³/mol. The molecule has 0 bridgehead atoms. The van der Waals surface area contributed by atoms with Crippen molar-refractivity contribution in [1.82, 2.24) is 5.32 Å². The van der Waals surface area contributed by atoms with Crippen LogP contribution in [0.5, 0.6) is 5.75 Å². The third-order valence-corrected chi connectivity index (χ3v) is 1.98. The molecule has 0 heterocycles. The number of ketones is 1. The summed E-state index contributed by atoms with van der Waals surface area (Å²) < 4.78 is 0. The largest absolute Gasteiger partial charge is 0.508 e. The molecular weight excluding hydrogens is 206 g/mol. The molecule has 3 nitrogen and oxygen atoms in total. The molecule has 2 N–H and O–H groups in total. The van der Waals surface area contributed by atoms with Gasteiger partial charge in [0, 0.05) is 43.3 Å². The second kappa shape index (κ2) is 6.40. The molecule has 78 valence electrons. The molecule has 1 atom stereocenters. The van der Waals surface area contributed by atoms with Crippen molar-refractivity contribution in [3.63, 3.8) is 0 Å². The first-order valence-electron chi connectivity index (χ1n) is 4.15. The minimum absolute atomic E-state index is 0. The number of nitrogens with one attached hydrogen (secondary N) is 1. The van der Waals surface area contributed by atoms with E-state index in [9.17, 15) is 4.79 Å². The van der Waals surface area contributed by atoms with Crippen molar-refractivity contribution in [3.8, 4) is 5.75 Å². The van der Waals surface area contributed by atoms with Gasteiger partial charge in [0.05, 0.1) is 6.04 Å². The summed E-state index contributed by atoms with van der Waals surface area (Å²) in [5.41, 5.74) is 0.611. The smallest absolute Gasteiger partial charge is 0.179 e. The van der Waals surface area contributed by atoms with Crippen molar-refractivity contribution < 1.29 is 47.6 Å². The minimum atomic E-state index is -0.190. The number of hydrogen-bond acceptors (Lipinski definition) is 3. The molecule has 0 radical (unpaired) electrons. The van der Waals surface area contributed by atoms with E-state index in [1.54, 1.807) is 26.1 Å². The van der Waals surface area contributed by atoms with Crippen LogP contribution in [0, 0.1) is 37.7 Å².